The Morgan fingerprint density at radius 2 is 1.63 bits per heavy atom. The van der Waals surface area contributed by atoms with Gasteiger partial charge in [0.05, 0.1) is 4.47 Å². The number of halogens is 1. The predicted octanol–water partition coefficient (Wildman–Crippen LogP) is 5.28. The van der Waals surface area contributed by atoms with Crippen molar-refractivity contribution in [1.29, 1.82) is 0 Å². The van der Waals surface area contributed by atoms with Crippen LogP contribution in [0, 0.1) is 6.92 Å². The van der Waals surface area contributed by atoms with Gasteiger partial charge in [0.25, 0.3) is 0 Å². The number of phenolic OH excluding ortho intramolecular Hbond substituents is 1. The van der Waals surface area contributed by atoms with E-state index in [-0.39, 0.29) is 0 Å². The van der Waals surface area contributed by atoms with Crippen LogP contribution in [0.2, 0.25) is 0 Å². The Bertz CT molecular complexity index is 757. The maximum Gasteiger partial charge on any atom is 0.137 e. The van der Waals surface area contributed by atoms with Crippen LogP contribution in [-0.4, -0.2) is 5.11 Å². The van der Waals surface area contributed by atoms with Crippen molar-refractivity contribution in [3.8, 4) is 16.9 Å². The molecule has 0 fully saturated rings. The summed E-state index contributed by atoms with van der Waals surface area (Å²) >= 11 is 3.41. The van der Waals surface area contributed by atoms with Crippen LogP contribution < -0.4 is 0 Å². The zero-order chi connectivity index (χ0) is 13.4. The van der Waals surface area contributed by atoms with Crippen molar-refractivity contribution in [2.75, 3.05) is 0 Å². The summed E-state index contributed by atoms with van der Waals surface area (Å²) < 4.78 is 0.732. The summed E-state index contributed by atoms with van der Waals surface area (Å²) in [5, 5.41) is 12.6. The summed E-state index contributed by atoms with van der Waals surface area (Å²) in [4.78, 5) is 0. The number of rotatable bonds is 1. The van der Waals surface area contributed by atoms with E-state index in [1.807, 2.05) is 43.3 Å². The Morgan fingerprint density at radius 1 is 0.895 bits per heavy atom. The Labute approximate surface area is 120 Å². The Morgan fingerprint density at radius 3 is 2.47 bits per heavy atom. The Hall–Kier alpha value is -1.80. The van der Waals surface area contributed by atoms with Crippen molar-refractivity contribution >= 4 is 26.7 Å². The van der Waals surface area contributed by atoms with Crippen LogP contribution in [0.1, 0.15) is 5.56 Å². The summed E-state index contributed by atoms with van der Waals surface area (Å²) in [7, 11) is 0. The quantitative estimate of drug-likeness (QED) is 0.648. The molecule has 94 valence electrons. The average molecular weight is 313 g/mol. The van der Waals surface area contributed by atoms with Crippen LogP contribution in [0.15, 0.2) is 59.1 Å². The van der Waals surface area contributed by atoms with Crippen molar-refractivity contribution in [1.82, 2.24) is 0 Å². The van der Waals surface area contributed by atoms with E-state index < -0.39 is 0 Å². The fourth-order valence-corrected chi connectivity index (χ4v) is 2.97. The molecular weight excluding hydrogens is 300 g/mol. The van der Waals surface area contributed by atoms with E-state index in [2.05, 4.69) is 34.1 Å². The lowest BCUT2D eigenvalue weighted by molar-refractivity contribution is 0.474. The van der Waals surface area contributed by atoms with Gasteiger partial charge >= 0.3 is 0 Å². The number of phenols is 1. The molecule has 2 heteroatoms. The molecule has 0 saturated carbocycles. The molecule has 0 aliphatic rings. The van der Waals surface area contributed by atoms with Crippen molar-refractivity contribution in [3.05, 3.63) is 64.6 Å². The van der Waals surface area contributed by atoms with Gasteiger partial charge in [0.1, 0.15) is 5.75 Å². The van der Waals surface area contributed by atoms with E-state index in [1.54, 1.807) is 0 Å². The minimum atomic E-state index is 0.293. The molecule has 0 saturated heterocycles. The number of benzene rings is 3. The van der Waals surface area contributed by atoms with E-state index in [0.717, 1.165) is 26.5 Å². The molecule has 3 rings (SSSR count). The zero-order valence-corrected chi connectivity index (χ0v) is 12.1. The lowest BCUT2D eigenvalue weighted by Crippen LogP contribution is -1.85. The van der Waals surface area contributed by atoms with E-state index >= 15 is 0 Å². The molecule has 1 nitrogen and oxygen atoms in total. The van der Waals surface area contributed by atoms with E-state index in [9.17, 15) is 5.11 Å². The molecule has 0 radical (unpaired) electrons. The molecule has 1 N–H and O–H groups in total. The molecule has 0 aromatic heterocycles. The van der Waals surface area contributed by atoms with Gasteiger partial charge in [-0.15, -0.1) is 0 Å². The molecule has 0 bridgehead atoms. The van der Waals surface area contributed by atoms with Gasteiger partial charge in [0, 0.05) is 5.56 Å². The fraction of sp³-hybridized carbons (Fsp3) is 0.0588. The van der Waals surface area contributed by atoms with Gasteiger partial charge in [-0.25, -0.2) is 0 Å². The van der Waals surface area contributed by atoms with E-state index in [1.165, 1.54) is 5.39 Å². The van der Waals surface area contributed by atoms with Crippen LogP contribution in [0.5, 0.6) is 5.75 Å². The van der Waals surface area contributed by atoms with Crippen LogP contribution in [0.25, 0.3) is 21.9 Å². The van der Waals surface area contributed by atoms with Gasteiger partial charge in [0.2, 0.25) is 0 Å². The average Bonchev–Trinajstić information content (AvgIpc) is 2.42. The second-order valence-corrected chi connectivity index (χ2v) is 5.52. The number of hydrogen-bond donors (Lipinski definition) is 1. The fourth-order valence-electron chi connectivity index (χ4n) is 2.40. The maximum atomic E-state index is 10.3. The van der Waals surface area contributed by atoms with Gasteiger partial charge in [-0.1, -0.05) is 42.5 Å². The molecule has 0 unspecified atom stereocenters. The predicted molar refractivity (Wildman–Crippen MR) is 83.5 cm³/mol. The van der Waals surface area contributed by atoms with Gasteiger partial charge in [-0.2, -0.15) is 0 Å². The van der Waals surface area contributed by atoms with Gasteiger partial charge in [-0.3, -0.25) is 0 Å². The van der Waals surface area contributed by atoms with Crippen molar-refractivity contribution in [3.63, 3.8) is 0 Å². The molecule has 0 spiro atoms. The van der Waals surface area contributed by atoms with Gasteiger partial charge in [-0.05, 0) is 56.9 Å². The number of aryl methyl sites for hydroxylation is 1. The summed E-state index contributed by atoms with van der Waals surface area (Å²) in [5.74, 6) is 0.293. The minimum Gasteiger partial charge on any atom is -0.506 e. The molecule has 0 aliphatic carbocycles. The van der Waals surface area contributed by atoms with Crippen molar-refractivity contribution < 1.29 is 5.11 Å². The second-order valence-electron chi connectivity index (χ2n) is 4.67. The van der Waals surface area contributed by atoms with E-state index in [4.69, 9.17) is 0 Å². The molecule has 0 amide bonds. The molecule has 3 aromatic carbocycles. The van der Waals surface area contributed by atoms with Crippen molar-refractivity contribution in [2.45, 2.75) is 6.92 Å². The lowest BCUT2D eigenvalue weighted by Gasteiger charge is -2.11. The Balaban J connectivity index is 2.37. The minimum absolute atomic E-state index is 0.293. The number of fused-ring (bicyclic) bond motifs is 1. The largest absolute Gasteiger partial charge is 0.506 e. The molecule has 3 aromatic rings. The molecule has 0 heterocycles. The third kappa shape index (κ3) is 2.13. The summed E-state index contributed by atoms with van der Waals surface area (Å²) in [5.41, 5.74) is 3.04. The third-order valence-corrected chi connectivity index (χ3v) is 3.89. The maximum absolute atomic E-state index is 10.3. The molecule has 19 heavy (non-hydrogen) atoms. The second kappa shape index (κ2) is 4.71. The number of aromatic hydroxyl groups is 1. The highest BCUT2D eigenvalue weighted by Gasteiger charge is 2.11. The van der Waals surface area contributed by atoms with E-state index in [0.29, 0.717) is 5.75 Å². The standard InChI is InChI=1S/C17H13BrO/c1-11-9-15(17(19)16(18)10-11)14-8-4-6-12-5-2-3-7-13(12)14/h2-10,19H,1H3. The number of hydrogen-bond acceptors (Lipinski definition) is 1. The first kappa shape index (κ1) is 12.2. The van der Waals surface area contributed by atoms with Crippen LogP contribution in [0.3, 0.4) is 0 Å². The van der Waals surface area contributed by atoms with Crippen LogP contribution in [0.4, 0.5) is 0 Å². The van der Waals surface area contributed by atoms with Crippen LogP contribution in [-0.2, 0) is 0 Å². The highest BCUT2D eigenvalue weighted by molar-refractivity contribution is 9.10. The normalized spacial score (nSPS) is 10.8. The van der Waals surface area contributed by atoms with Crippen molar-refractivity contribution in [2.24, 2.45) is 0 Å². The third-order valence-electron chi connectivity index (χ3n) is 3.29. The zero-order valence-electron chi connectivity index (χ0n) is 10.5. The van der Waals surface area contributed by atoms with Gasteiger partial charge in [0.15, 0.2) is 0 Å². The van der Waals surface area contributed by atoms with Crippen LogP contribution >= 0.6 is 15.9 Å². The first-order chi connectivity index (χ1) is 9.16. The summed E-state index contributed by atoms with van der Waals surface area (Å²) in [6.07, 6.45) is 0. The smallest absolute Gasteiger partial charge is 0.137 e. The monoisotopic (exact) mass is 312 g/mol. The lowest BCUT2D eigenvalue weighted by atomic mass is 9.96. The molecular formula is C17H13BrO. The topological polar surface area (TPSA) is 20.2 Å². The first-order valence-electron chi connectivity index (χ1n) is 6.14. The SMILES string of the molecule is Cc1cc(Br)c(O)c(-c2cccc3ccccc23)c1. The molecule has 0 atom stereocenters. The first-order valence-corrected chi connectivity index (χ1v) is 6.93. The van der Waals surface area contributed by atoms with Gasteiger partial charge < -0.3 is 5.11 Å². The summed E-state index contributed by atoms with van der Waals surface area (Å²) in [6.45, 7) is 2.03. The summed E-state index contributed by atoms with van der Waals surface area (Å²) in [6, 6.07) is 18.3. The highest BCUT2D eigenvalue weighted by atomic mass is 79.9. The molecule has 0 aliphatic heterocycles. The Kier molecular flexibility index (Phi) is 3.03. The highest BCUT2D eigenvalue weighted by Crippen LogP contribution is 2.39.